The van der Waals surface area contributed by atoms with Gasteiger partial charge in [-0.2, -0.15) is 5.26 Å². The van der Waals surface area contributed by atoms with E-state index < -0.39 is 5.92 Å². The Hall–Kier alpha value is -4.19. The summed E-state index contributed by atoms with van der Waals surface area (Å²) in [6, 6.07) is 11.8. The molecule has 0 spiro atoms. The van der Waals surface area contributed by atoms with Crippen LogP contribution in [0.1, 0.15) is 49.1 Å². The van der Waals surface area contributed by atoms with Crippen LogP contribution < -0.4 is 24.7 Å². The molecule has 0 bridgehead atoms. The van der Waals surface area contributed by atoms with E-state index in [0.717, 1.165) is 16.8 Å². The molecule has 1 aromatic heterocycles. The molecule has 8 nitrogen and oxygen atoms in total. The summed E-state index contributed by atoms with van der Waals surface area (Å²) in [4.78, 5) is 0. The van der Waals surface area contributed by atoms with Crippen LogP contribution in [-0.2, 0) is 12.0 Å². The predicted molar refractivity (Wildman–Crippen MR) is 127 cm³/mol. The molecular formula is C26H27FN4O4. The standard InChI is InChI=1S/C26H27FN4O4/c1-26(2,3)23-21-20(17(12-28)24(29)35-25(21)31-30-23)15-10-18(32-4)22(19(11-15)33-5)34-13-14-6-8-16(27)9-7-14/h6-11,20H,13,29H2,1-5H3,(H,30,31)/t20-/m0/s1. The molecule has 0 fully saturated rings. The lowest BCUT2D eigenvalue weighted by atomic mass is 9.78. The van der Waals surface area contributed by atoms with Crippen molar-refractivity contribution in [3.63, 3.8) is 0 Å². The van der Waals surface area contributed by atoms with E-state index in [1.807, 2.05) is 20.8 Å². The number of hydrogen-bond acceptors (Lipinski definition) is 7. The maximum absolute atomic E-state index is 13.2. The number of methoxy groups -OCH3 is 2. The van der Waals surface area contributed by atoms with Gasteiger partial charge in [0.25, 0.3) is 0 Å². The van der Waals surface area contributed by atoms with Crippen molar-refractivity contribution in [1.29, 1.82) is 5.26 Å². The highest BCUT2D eigenvalue weighted by Crippen LogP contribution is 2.49. The van der Waals surface area contributed by atoms with Crippen molar-refractivity contribution in [2.45, 2.75) is 38.7 Å². The van der Waals surface area contributed by atoms with Crippen molar-refractivity contribution in [2.75, 3.05) is 14.2 Å². The van der Waals surface area contributed by atoms with Crippen LogP contribution in [0, 0.1) is 17.1 Å². The van der Waals surface area contributed by atoms with E-state index in [4.69, 9.17) is 24.7 Å². The summed E-state index contributed by atoms with van der Waals surface area (Å²) in [6.07, 6.45) is 0. The Morgan fingerprint density at radius 3 is 2.31 bits per heavy atom. The van der Waals surface area contributed by atoms with Gasteiger partial charge in [-0.3, -0.25) is 5.10 Å². The predicted octanol–water partition coefficient (Wildman–Crippen LogP) is 4.66. The van der Waals surface area contributed by atoms with Gasteiger partial charge in [-0.1, -0.05) is 32.9 Å². The zero-order valence-corrected chi connectivity index (χ0v) is 20.2. The number of nitriles is 1. The van der Waals surface area contributed by atoms with Crippen LogP contribution in [0.5, 0.6) is 23.1 Å². The van der Waals surface area contributed by atoms with Crippen molar-refractivity contribution in [1.82, 2.24) is 10.2 Å². The van der Waals surface area contributed by atoms with E-state index in [9.17, 15) is 9.65 Å². The number of nitrogens with one attached hydrogen (secondary N) is 1. The lowest BCUT2D eigenvalue weighted by molar-refractivity contribution is 0.265. The van der Waals surface area contributed by atoms with Gasteiger partial charge in [-0.25, -0.2) is 4.39 Å². The number of benzene rings is 2. The number of H-pyrrole nitrogens is 1. The van der Waals surface area contributed by atoms with E-state index in [0.29, 0.717) is 28.7 Å². The molecule has 0 radical (unpaired) electrons. The van der Waals surface area contributed by atoms with Gasteiger partial charge in [-0.05, 0) is 35.4 Å². The number of allylic oxidation sites excluding steroid dienone is 1. The molecule has 4 rings (SSSR count). The van der Waals surface area contributed by atoms with Crippen LogP contribution in [0.2, 0.25) is 0 Å². The Bertz CT molecular complexity index is 1290. The summed E-state index contributed by atoms with van der Waals surface area (Å²) in [5.74, 6) is 0.633. The Morgan fingerprint density at radius 1 is 1.14 bits per heavy atom. The molecular weight excluding hydrogens is 451 g/mol. The zero-order chi connectivity index (χ0) is 25.3. The average molecular weight is 479 g/mol. The fraction of sp³-hybridized carbons (Fsp3) is 0.308. The summed E-state index contributed by atoms with van der Waals surface area (Å²) >= 11 is 0. The molecule has 35 heavy (non-hydrogen) atoms. The van der Waals surface area contributed by atoms with Gasteiger partial charge in [0.1, 0.15) is 24.1 Å². The number of ether oxygens (including phenoxy) is 4. The third-order valence-electron chi connectivity index (χ3n) is 5.80. The third-order valence-corrected chi connectivity index (χ3v) is 5.80. The molecule has 3 N–H and O–H groups in total. The second kappa shape index (κ2) is 9.22. The largest absolute Gasteiger partial charge is 0.493 e. The van der Waals surface area contributed by atoms with Crippen LogP contribution in [0.15, 0.2) is 47.9 Å². The van der Waals surface area contributed by atoms with Gasteiger partial charge in [0, 0.05) is 11.1 Å². The molecule has 1 aliphatic heterocycles. The van der Waals surface area contributed by atoms with Crippen LogP contribution in [0.3, 0.4) is 0 Å². The lowest BCUT2D eigenvalue weighted by Crippen LogP contribution is -2.24. The van der Waals surface area contributed by atoms with Crippen molar-refractivity contribution < 1.29 is 23.3 Å². The highest BCUT2D eigenvalue weighted by atomic mass is 19.1. The summed E-state index contributed by atoms with van der Waals surface area (Å²) in [5.41, 5.74) is 9.10. The van der Waals surface area contributed by atoms with Gasteiger partial charge in [0.2, 0.25) is 17.5 Å². The number of fused-ring (bicyclic) bond motifs is 1. The highest BCUT2D eigenvalue weighted by Gasteiger charge is 2.38. The third kappa shape index (κ3) is 4.47. The fourth-order valence-electron chi connectivity index (χ4n) is 4.10. The molecule has 2 heterocycles. The molecule has 0 amide bonds. The first-order valence-corrected chi connectivity index (χ1v) is 11.0. The molecule has 3 aromatic rings. The molecule has 0 saturated carbocycles. The van der Waals surface area contributed by atoms with Crippen molar-refractivity contribution in [2.24, 2.45) is 5.73 Å². The fourth-order valence-corrected chi connectivity index (χ4v) is 4.10. The first-order chi connectivity index (χ1) is 16.7. The summed E-state index contributed by atoms with van der Waals surface area (Å²) < 4.78 is 36.2. The van der Waals surface area contributed by atoms with Crippen molar-refractivity contribution >= 4 is 0 Å². The molecule has 0 unspecified atom stereocenters. The summed E-state index contributed by atoms with van der Waals surface area (Å²) in [6.45, 7) is 6.30. The van der Waals surface area contributed by atoms with E-state index in [1.54, 1.807) is 24.3 Å². The molecule has 2 aromatic carbocycles. The zero-order valence-electron chi connectivity index (χ0n) is 20.2. The average Bonchev–Trinajstić information content (AvgIpc) is 3.26. The van der Waals surface area contributed by atoms with Crippen LogP contribution >= 0.6 is 0 Å². The first-order valence-electron chi connectivity index (χ1n) is 11.0. The quantitative estimate of drug-likeness (QED) is 0.529. The van der Waals surface area contributed by atoms with Crippen LogP contribution in [0.4, 0.5) is 4.39 Å². The van der Waals surface area contributed by atoms with Gasteiger partial charge in [0.15, 0.2) is 11.5 Å². The minimum absolute atomic E-state index is 0.00784. The molecule has 182 valence electrons. The lowest BCUT2D eigenvalue weighted by Gasteiger charge is -2.28. The molecule has 1 aliphatic rings. The van der Waals surface area contributed by atoms with Gasteiger partial charge >= 0.3 is 0 Å². The van der Waals surface area contributed by atoms with Crippen LogP contribution in [0.25, 0.3) is 0 Å². The second-order valence-corrected chi connectivity index (χ2v) is 9.16. The maximum Gasteiger partial charge on any atom is 0.244 e. The van der Waals surface area contributed by atoms with E-state index >= 15 is 0 Å². The summed E-state index contributed by atoms with van der Waals surface area (Å²) in [7, 11) is 3.04. The van der Waals surface area contributed by atoms with Gasteiger partial charge < -0.3 is 24.7 Å². The van der Waals surface area contributed by atoms with Crippen LogP contribution in [-0.4, -0.2) is 24.4 Å². The Balaban J connectivity index is 1.82. The molecule has 0 aliphatic carbocycles. The number of nitrogens with two attached hydrogens (primary N) is 1. The monoisotopic (exact) mass is 478 g/mol. The SMILES string of the molecule is COc1cc([C@H]2C(C#N)=C(N)Oc3n[nH]c(C(C)(C)C)c32)cc(OC)c1OCc1ccc(F)cc1. The normalized spacial score (nSPS) is 15.2. The number of rotatable bonds is 6. The van der Waals surface area contributed by atoms with Gasteiger partial charge in [-0.15, -0.1) is 5.10 Å². The number of aromatic nitrogens is 2. The number of aromatic amines is 1. The Kier molecular flexibility index (Phi) is 6.31. The summed E-state index contributed by atoms with van der Waals surface area (Å²) in [5, 5.41) is 17.3. The number of halogens is 1. The number of hydrogen-bond donors (Lipinski definition) is 2. The molecule has 0 saturated heterocycles. The Labute approximate surface area is 203 Å². The van der Waals surface area contributed by atoms with Crippen molar-refractivity contribution in [3.8, 4) is 29.2 Å². The maximum atomic E-state index is 13.2. The van der Waals surface area contributed by atoms with E-state index in [1.165, 1.54) is 26.4 Å². The van der Waals surface area contributed by atoms with E-state index in [-0.39, 0.29) is 29.3 Å². The number of nitrogens with zero attached hydrogens (tertiary/aromatic N) is 2. The second-order valence-electron chi connectivity index (χ2n) is 9.16. The van der Waals surface area contributed by atoms with Gasteiger partial charge in [0.05, 0.1) is 25.7 Å². The molecule has 9 heteroatoms. The molecule has 1 atom stereocenters. The van der Waals surface area contributed by atoms with E-state index in [2.05, 4.69) is 16.3 Å². The highest BCUT2D eigenvalue weighted by molar-refractivity contribution is 5.61. The first kappa shape index (κ1) is 24.0. The van der Waals surface area contributed by atoms with Crippen molar-refractivity contribution in [3.05, 3.63) is 76.1 Å². The minimum Gasteiger partial charge on any atom is -0.493 e. The Morgan fingerprint density at radius 2 is 1.77 bits per heavy atom. The topological polar surface area (TPSA) is 115 Å². The smallest absolute Gasteiger partial charge is 0.244 e. The minimum atomic E-state index is -0.564.